The number of carbonyl (C=O) groups excluding carboxylic acids is 1. The average molecular weight is 411 g/mol. The summed E-state index contributed by atoms with van der Waals surface area (Å²) >= 11 is 5.83. The van der Waals surface area contributed by atoms with E-state index in [1.807, 2.05) is 0 Å². The Morgan fingerprint density at radius 2 is 1.46 bits per heavy atom. The first kappa shape index (κ1) is 20.3. The number of halogens is 6. The fourth-order valence-electron chi connectivity index (χ4n) is 1.89. The third kappa shape index (κ3) is 4.57. The first-order valence-electron chi connectivity index (χ1n) is 6.79. The number of nitroso groups, excluding NO2 is 1. The molecule has 0 atom stereocenters. The normalized spacial score (nSPS) is 11.0. The van der Waals surface area contributed by atoms with Crippen molar-refractivity contribution >= 4 is 29.5 Å². The van der Waals surface area contributed by atoms with E-state index in [-0.39, 0.29) is 18.5 Å². The summed E-state index contributed by atoms with van der Waals surface area (Å²) in [6, 6.07) is 6.04. The molecule has 0 aliphatic rings. The molecule has 0 bridgehead atoms. The van der Waals surface area contributed by atoms with E-state index in [9.17, 15) is 31.7 Å². The van der Waals surface area contributed by atoms with Crippen molar-refractivity contribution in [1.82, 2.24) is 4.31 Å². The van der Waals surface area contributed by atoms with Gasteiger partial charge in [-0.1, -0.05) is 23.7 Å². The van der Waals surface area contributed by atoms with Gasteiger partial charge < -0.3 is 0 Å². The minimum atomic E-state index is -2.29. The van der Waals surface area contributed by atoms with Gasteiger partial charge in [0.25, 0.3) is 0 Å². The summed E-state index contributed by atoms with van der Waals surface area (Å²) in [7, 11) is 0. The van der Waals surface area contributed by atoms with Crippen LogP contribution < -0.4 is 0 Å². The van der Waals surface area contributed by atoms with E-state index >= 15 is 0 Å². The third-order valence-electron chi connectivity index (χ3n) is 3.08. The van der Waals surface area contributed by atoms with Gasteiger partial charge in [0, 0.05) is 16.7 Å². The molecule has 0 saturated heterocycles. The zero-order chi connectivity index (χ0) is 19.4. The van der Waals surface area contributed by atoms with Crippen molar-refractivity contribution in [3.8, 4) is 0 Å². The number of amides is 1. The van der Waals surface area contributed by atoms with Crippen LogP contribution in [0.4, 0.5) is 22.0 Å². The lowest BCUT2D eigenvalue weighted by Crippen LogP contribution is -2.23. The molecule has 2 rings (SSSR count). The van der Waals surface area contributed by atoms with Crippen LogP contribution in [0.5, 0.6) is 0 Å². The van der Waals surface area contributed by atoms with E-state index in [2.05, 4.69) is 5.18 Å². The molecule has 2 aromatic carbocycles. The molecule has 26 heavy (non-hydrogen) atoms. The van der Waals surface area contributed by atoms with Crippen molar-refractivity contribution in [3.63, 3.8) is 0 Å². The molecule has 0 radical (unpaired) electrons. The number of hydrogen-bond donors (Lipinski definition) is 0. The molecule has 2 aromatic rings. The standard InChI is InChI=1S/C15H8ClF5N2O2S/c16-8-3-1-7(2-4-8)5-23(6-9(24)22-25)26-15-13(20)11(18)10(17)12(19)14(15)21/h1-4H,5-6H2. The molecule has 11 heteroatoms. The van der Waals surface area contributed by atoms with Gasteiger partial charge >= 0.3 is 5.91 Å². The monoisotopic (exact) mass is 410 g/mol. The van der Waals surface area contributed by atoms with Crippen LogP contribution >= 0.6 is 23.5 Å². The smallest absolute Gasteiger partial charge is 0.267 e. The number of hydrogen-bond acceptors (Lipinski definition) is 4. The summed E-state index contributed by atoms with van der Waals surface area (Å²) in [5, 5.41) is 2.56. The molecule has 0 unspecified atom stereocenters. The van der Waals surface area contributed by atoms with E-state index in [0.29, 0.717) is 10.6 Å². The fourth-order valence-corrected chi connectivity index (χ4v) is 3.00. The average Bonchev–Trinajstić information content (AvgIpc) is 2.63. The SMILES string of the molecule is O=NC(=O)CN(Cc1ccc(Cl)cc1)Sc1c(F)c(F)c(F)c(F)c1F. The van der Waals surface area contributed by atoms with Crippen molar-refractivity contribution in [3.05, 3.63) is 68.8 Å². The zero-order valence-electron chi connectivity index (χ0n) is 12.6. The predicted molar refractivity (Wildman–Crippen MR) is 84.8 cm³/mol. The summed E-state index contributed by atoms with van der Waals surface area (Å²) in [6.45, 7) is -0.876. The van der Waals surface area contributed by atoms with Gasteiger partial charge in [0.15, 0.2) is 23.3 Å². The maximum absolute atomic E-state index is 13.8. The van der Waals surface area contributed by atoms with Gasteiger partial charge in [-0.15, -0.1) is 4.91 Å². The Morgan fingerprint density at radius 1 is 0.962 bits per heavy atom. The van der Waals surface area contributed by atoms with E-state index in [4.69, 9.17) is 11.6 Å². The van der Waals surface area contributed by atoms with Gasteiger partial charge in [-0.3, -0.25) is 4.79 Å². The number of benzene rings is 2. The molecular formula is C15H8ClF5N2O2S. The number of rotatable bonds is 6. The first-order valence-corrected chi connectivity index (χ1v) is 7.94. The lowest BCUT2D eigenvalue weighted by atomic mass is 10.2. The molecule has 0 N–H and O–H groups in total. The van der Waals surface area contributed by atoms with Crippen molar-refractivity contribution in [2.24, 2.45) is 5.18 Å². The van der Waals surface area contributed by atoms with Gasteiger partial charge in [0.1, 0.15) is 4.90 Å². The van der Waals surface area contributed by atoms with E-state index < -0.39 is 46.4 Å². The predicted octanol–water partition coefficient (Wildman–Crippen LogP) is 4.84. The molecule has 0 spiro atoms. The Bertz CT molecular complexity index is 822. The molecule has 4 nitrogen and oxygen atoms in total. The van der Waals surface area contributed by atoms with E-state index in [1.54, 1.807) is 0 Å². The topological polar surface area (TPSA) is 49.7 Å². The summed E-state index contributed by atoms with van der Waals surface area (Å²) < 4.78 is 68.3. The van der Waals surface area contributed by atoms with Crippen molar-refractivity contribution in [2.45, 2.75) is 11.4 Å². The minimum absolute atomic E-state index is 0.106. The molecule has 0 saturated carbocycles. The van der Waals surface area contributed by atoms with Crippen molar-refractivity contribution in [2.75, 3.05) is 6.54 Å². The molecular weight excluding hydrogens is 403 g/mol. The summed E-state index contributed by atoms with van der Waals surface area (Å²) in [6.07, 6.45) is 0. The Labute approximate surface area is 153 Å². The molecule has 0 aromatic heterocycles. The number of nitrogens with zero attached hydrogens (tertiary/aromatic N) is 2. The Morgan fingerprint density at radius 3 is 1.96 bits per heavy atom. The first-order chi connectivity index (χ1) is 12.2. The minimum Gasteiger partial charge on any atom is -0.267 e. The van der Waals surface area contributed by atoms with Gasteiger partial charge in [0.2, 0.25) is 5.82 Å². The third-order valence-corrected chi connectivity index (χ3v) is 4.38. The molecule has 0 fully saturated rings. The summed E-state index contributed by atoms with van der Waals surface area (Å²) in [4.78, 5) is 20.4. The highest BCUT2D eigenvalue weighted by molar-refractivity contribution is 7.97. The molecule has 0 aliphatic carbocycles. The Kier molecular flexibility index (Phi) is 6.68. The van der Waals surface area contributed by atoms with Crippen LogP contribution in [0, 0.1) is 34.0 Å². The lowest BCUT2D eigenvalue weighted by Gasteiger charge is -2.20. The highest BCUT2D eigenvalue weighted by Crippen LogP contribution is 2.33. The van der Waals surface area contributed by atoms with Crippen LogP contribution in [0.15, 0.2) is 34.3 Å². The fraction of sp³-hybridized carbons (Fsp3) is 0.133. The highest BCUT2D eigenvalue weighted by atomic mass is 35.5. The Hall–Kier alpha value is -2.04. The second-order valence-corrected chi connectivity index (χ2v) is 6.44. The number of carbonyl (C=O) groups is 1. The molecule has 0 aliphatic heterocycles. The van der Waals surface area contributed by atoms with Crippen LogP contribution in [-0.2, 0) is 11.3 Å². The summed E-state index contributed by atoms with van der Waals surface area (Å²) in [5.74, 6) is -11.8. The van der Waals surface area contributed by atoms with E-state index in [0.717, 1.165) is 4.31 Å². The van der Waals surface area contributed by atoms with Crippen LogP contribution in [0.2, 0.25) is 5.02 Å². The molecule has 1 amide bonds. The van der Waals surface area contributed by atoms with Crippen LogP contribution in [0.1, 0.15) is 5.56 Å². The highest BCUT2D eigenvalue weighted by Gasteiger charge is 2.28. The zero-order valence-corrected chi connectivity index (χ0v) is 14.2. The lowest BCUT2D eigenvalue weighted by molar-refractivity contribution is -0.118. The van der Waals surface area contributed by atoms with Gasteiger partial charge in [-0.2, -0.15) is 0 Å². The van der Waals surface area contributed by atoms with E-state index in [1.165, 1.54) is 24.3 Å². The van der Waals surface area contributed by atoms with Crippen LogP contribution in [0.3, 0.4) is 0 Å². The summed E-state index contributed by atoms with van der Waals surface area (Å²) in [5.41, 5.74) is 0.504. The van der Waals surface area contributed by atoms with Crippen LogP contribution in [-0.4, -0.2) is 16.8 Å². The van der Waals surface area contributed by atoms with Crippen molar-refractivity contribution in [1.29, 1.82) is 0 Å². The maximum Gasteiger partial charge on any atom is 0.301 e. The van der Waals surface area contributed by atoms with Crippen LogP contribution in [0.25, 0.3) is 0 Å². The van der Waals surface area contributed by atoms with Gasteiger partial charge in [-0.05, 0) is 29.6 Å². The maximum atomic E-state index is 13.8. The quantitative estimate of drug-likeness (QED) is 0.225. The molecule has 0 heterocycles. The van der Waals surface area contributed by atoms with Crippen molar-refractivity contribution < 1.29 is 26.7 Å². The second-order valence-electron chi connectivity index (χ2n) is 4.90. The van der Waals surface area contributed by atoms with Gasteiger partial charge in [-0.25, -0.2) is 26.3 Å². The van der Waals surface area contributed by atoms with Gasteiger partial charge in [0.05, 0.1) is 6.54 Å². The molecule has 138 valence electrons. The Balaban J connectivity index is 2.36. The second kappa shape index (κ2) is 8.56. The largest absolute Gasteiger partial charge is 0.301 e.